The highest BCUT2D eigenvalue weighted by atomic mass is 19.3. The fourth-order valence-corrected chi connectivity index (χ4v) is 2.52. The topological polar surface area (TPSA) is 15.3 Å². The van der Waals surface area contributed by atoms with Crippen molar-refractivity contribution in [1.29, 1.82) is 0 Å². The standard InChI is InChI=1S/C16H26F2N2/c1-5-19-15(6-7-20(4)11-16(17)18)14-9-12(2)8-13(3)10-14/h8-10,15-16,19H,5-7,11H2,1-4H3. The fraction of sp³-hybridized carbons (Fsp3) is 0.625. The Balaban J connectivity index is 2.68. The zero-order valence-electron chi connectivity index (χ0n) is 12.9. The van der Waals surface area contributed by atoms with Crippen molar-refractivity contribution in [2.24, 2.45) is 0 Å². The third-order valence-electron chi connectivity index (χ3n) is 3.35. The quantitative estimate of drug-likeness (QED) is 0.785. The van der Waals surface area contributed by atoms with Crippen LogP contribution in [0.15, 0.2) is 18.2 Å². The molecule has 1 aromatic rings. The Morgan fingerprint density at radius 3 is 2.25 bits per heavy atom. The minimum atomic E-state index is -2.27. The molecule has 114 valence electrons. The lowest BCUT2D eigenvalue weighted by atomic mass is 9.99. The maximum atomic E-state index is 12.3. The number of nitrogens with zero attached hydrogens (tertiary/aromatic N) is 1. The second kappa shape index (κ2) is 8.32. The van der Waals surface area contributed by atoms with Gasteiger partial charge in [0.15, 0.2) is 0 Å². The minimum absolute atomic E-state index is 0.161. The molecule has 1 N–H and O–H groups in total. The maximum absolute atomic E-state index is 12.3. The van der Waals surface area contributed by atoms with Crippen molar-refractivity contribution in [3.05, 3.63) is 34.9 Å². The largest absolute Gasteiger partial charge is 0.310 e. The summed E-state index contributed by atoms with van der Waals surface area (Å²) >= 11 is 0. The average Bonchev–Trinajstić information content (AvgIpc) is 2.32. The van der Waals surface area contributed by atoms with E-state index < -0.39 is 6.43 Å². The van der Waals surface area contributed by atoms with Gasteiger partial charge in [0.25, 0.3) is 6.43 Å². The van der Waals surface area contributed by atoms with Crippen LogP contribution in [0, 0.1) is 13.8 Å². The minimum Gasteiger partial charge on any atom is -0.310 e. The van der Waals surface area contributed by atoms with Gasteiger partial charge in [0, 0.05) is 6.04 Å². The summed E-state index contributed by atoms with van der Waals surface area (Å²) in [5.41, 5.74) is 3.72. The molecule has 0 bridgehead atoms. The third-order valence-corrected chi connectivity index (χ3v) is 3.35. The molecule has 20 heavy (non-hydrogen) atoms. The van der Waals surface area contributed by atoms with Crippen molar-refractivity contribution in [2.75, 3.05) is 26.7 Å². The van der Waals surface area contributed by atoms with Crippen molar-refractivity contribution < 1.29 is 8.78 Å². The molecule has 1 atom stereocenters. The Bertz CT molecular complexity index is 387. The zero-order chi connectivity index (χ0) is 15.1. The molecule has 0 radical (unpaired) electrons. The lowest BCUT2D eigenvalue weighted by Gasteiger charge is -2.23. The lowest BCUT2D eigenvalue weighted by molar-refractivity contribution is 0.0985. The van der Waals surface area contributed by atoms with Gasteiger partial charge in [-0.05, 0) is 46.0 Å². The van der Waals surface area contributed by atoms with Crippen molar-refractivity contribution in [3.8, 4) is 0 Å². The van der Waals surface area contributed by atoms with E-state index in [4.69, 9.17) is 0 Å². The van der Waals surface area contributed by atoms with Gasteiger partial charge in [0.2, 0.25) is 0 Å². The van der Waals surface area contributed by atoms with Gasteiger partial charge in [0.1, 0.15) is 0 Å². The summed E-state index contributed by atoms with van der Waals surface area (Å²) < 4.78 is 24.7. The van der Waals surface area contributed by atoms with Crippen molar-refractivity contribution in [2.45, 2.75) is 39.7 Å². The Labute approximate surface area is 121 Å². The number of nitrogens with one attached hydrogen (secondary N) is 1. The Morgan fingerprint density at radius 1 is 1.15 bits per heavy atom. The summed E-state index contributed by atoms with van der Waals surface area (Å²) in [6, 6.07) is 6.72. The van der Waals surface area contributed by atoms with E-state index in [-0.39, 0.29) is 12.6 Å². The zero-order valence-corrected chi connectivity index (χ0v) is 12.9. The number of aryl methyl sites for hydroxylation is 2. The molecule has 2 nitrogen and oxygen atoms in total. The van der Waals surface area contributed by atoms with Crippen molar-refractivity contribution >= 4 is 0 Å². The highest BCUT2D eigenvalue weighted by Crippen LogP contribution is 2.20. The molecular weight excluding hydrogens is 258 g/mol. The molecule has 0 fully saturated rings. The van der Waals surface area contributed by atoms with Crippen LogP contribution in [0.3, 0.4) is 0 Å². The smallest absolute Gasteiger partial charge is 0.251 e. The summed E-state index contributed by atoms with van der Waals surface area (Å²) in [5.74, 6) is 0. The summed E-state index contributed by atoms with van der Waals surface area (Å²) in [6.45, 7) is 7.61. The second-order valence-electron chi connectivity index (χ2n) is 5.47. The van der Waals surface area contributed by atoms with E-state index in [1.807, 2.05) is 0 Å². The van der Waals surface area contributed by atoms with Crippen molar-refractivity contribution in [3.63, 3.8) is 0 Å². The Hall–Kier alpha value is -1.00. The van der Waals surface area contributed by atoms with Crippen LogP contribution in [0.5, 0.6) is 0 Å². The van der Waals surface area contributed by atoms with Gasteiger partial charge in [-0.3, -0.25) is 0 Å². The molecule has 0 heterocycles. The summed E-state index contributed by atoms with van der Waals surface area (Å²) in [5, 5.41) is 3.45. The van der Waals surface area contributed by atoms with Gasteiger partial charge in [-0.25, -0.2) is 8.78 Å². The molecule has 0 aliphatic carbocycles. The molecule has 0 aliphatic heterocycles. The van der Waals surface area contributed by atoms with Gasteiger partial charge < -0.3 is 10.2 Å². The third kappa shape index (κ3) is 5.97. The summed E-state index contributed by atoms with van der Waals surface area (Å²) in [7, 11) is 1.75. The molecule has 4 heteroatoms. The molecule has 1 aromatic carbocycles. The van der Waals surface area contributed by atoms with E-state index in [0.29, 0.717) is 6.54 Å². The van der Waals surface area contributed by atoms with Crippen LogP contribution in [0.1, 0.15) is 36.1 Å². The van der Waals surface area contributed by atoms with Gasteiger partial charge in [-0.1, -0.05) is 36.2 Å². The van der Waals surface area contributed by atoms with Crippen LogP contribution in [0.4, 0.5) is 8.78 Å². The van der Waals surface area contributed by atoms with E-state index in [0.717, 1.165) is 13.0 Å². The first kappa shape index (κ1) is 17.1. The molecular formula is C16H26F2N2. The highest BCUT2D eigenvalue weighted by molar-refractivity contribution is 5.30. The van der Waals surface area contributed by atoms with Crippen molar-refractivity contribution in [1.82, 2.24) is 10.2 Å². The molecule has 0 amide bonds. The average molecular weight is 284 g/mol. The lowest BCUT2D eigenvalue weighted by Crippen LogP contribution is -2.30. The predicted molar refractivity (Wildman–Crippen MR) is 80.5 cm³/mol. The number of hydrogen-bond donors (Lipinski definition) is 1. The number of halogens is 2. The van der Waals surface area contributed by atoms with Crippen LogP contribution in [-0.4, -0.2) is 38.0 Å². The molecule has 1 unspecified atom stereocenters. The van der Waals surface area contributed by atoms with Gasteiger partial charge in [-0.2, -0.15) is 0 Å². The number of benzene rings is 1. The van der Waals surface area contributed by atoms with Crippen LogP contribution >= 0.6 is 0 Å². The molecule has 0 saturated carbocycles. The highest BCUT2D eigenvalue weighted by Gasteiger charge is 2.14. The SMILES string of the molecule is CCNC(CCN(C)CC(F)F)c1cc(C)cc(C)c1. The van der Waals surface area contributed by atoms with E-state index in [1.165, 1.54) is 16.7 Å². The maximum Gasteiger partial charge on any atom is 0.251 e. The Morgan fingerprint density at radius 2 is 1.75 bits per heavy atom. The second-order valence-corrected chi connectivity index (χ2v) is 5.47. The van der Waals surface area contributed by atoms with Crippen LogP contribution < -0.4 is 5.32 Å². The molecule has 0 spiro atoms. The summed E-state index contributed by atoms with van der Waals surface area (Å²) in [6.07, 6.45) is -1.43. The first-order valence-electron chi connectivity index (χ1n) is 7.20. The van der Waals surface area contributed by atoms with Crippen LogP contribution in [0.2, 0.25) is 0 Å². The first-order chi connectivity index (χ1) is 9.42. The van der Waals surface area contributed by atoms with Gasteiger partial charge in [0.05, 0.1) is 6.54 Å². The number of hydrogen-bond acceptors (Lipinski definition) is 2. The van der Waals surface area contributed by atoms with Gasteiger partial charge >= 0.3 is 0 Å². The van der Waals surface area contributed by atoms with Gasteiger partial charge in [-0.15, -0.1) is 0 Å². The molecule has 0 aromatic heterocycles. The normalized spacial score (nSPS) is 13.2. The molecule has 0 aliphatic rings. The van der Waals surface area contributed by atoms with Crippen LogP contribution in [0.25, 0.3) is 0 Å². The van der Waals surface area contributed by atoms with Crippen LogP contribution in [-0.2, 0) is 0 Å². The van der Waals surface area contributed by atoms with E-state index in [2.05, 4.69) is 44.3 Å². The number of alkyl halides is 2. The number of rotatable bonds is 8. The molecule has 0 saturated heterocycles. The van der Waals surface area contributed by atoms with E-state index in [1.54, 1.807) is 11.9 Å². The molecule has 1 rings (SSSR count). The fourth-order valence-electron chi connectivity index (χ4n) is 2.52. The Kier molecular flexibility index (Phi) is 7.10. The summed E-state index contributed by atoms with van der Waals surface area (Å²) in [4.78, 5) is 1.69. The first-order valence-corrected chi connectivity index (χ1v) is 7.20. The van der Waals surface area contributed by atoms with E-state index >= 15 is 0 Å². The predicted octanol–water partition coefficient (Wildman–Crippen LogP) is 3.54. The monoisotopic (exact) mass is 284 g/mol. The van der Waals surface area contributed by atoms with E-state index in [9.17, 15) is 8.78 Å².